The standard InChI is InChI=1S/C24H20BrFN4O4/c1-13-20-18(27-28-22(31)14-9-11-15(26)12-10-14)7-4-8-19(20)34-21(13)24(33)30-29-23(32)16-5-2-3-6-17(16)25/h2-3,5-6,9-12H,4,7-8H2,1H3,(H,28,31)(H,29,32)(H,30,33)/b27-18+. The molecule has 2 aromatic carbocycles. The maximum Gasteiger partial charge on any atom is 0.305 e. The van der Waals surface area contributed by atoms with Gasteiger partial charge in [-0.2, -0.15) is 5.10 Å². The van der Waals surface area contributed by atoms with E-state index in [0.717, 1.165) is 6.42 Å². The molecule has 0 unspecified atom stereocenters. The molecule has 10 heteroatoms. The molecule has 1 heterocycles. The Morgan fingerprint density at radius 1 is 0.971 bits per heavy atom. The predicted octanol–water partition coefficient (Wildman–Crippen LogP) is 4.03. The fraction of sp³-hybridized carbons (Fsp3) is 0.167. The molecule has 174 valence electrons. The smallest absolute Gasteiger partial charge is 0.305 e. The van der Waals surface area contributed by atoms with Crippen molar-refractivity contribution in [2.45, 2.75) is 26.2 Å². The van der Waals surface area contributed by atoms with Gasteiger partial charge in [-0.15, -0.1) is 0 Å². The molecule has 1 aliphatic carbocycles. The summed E-state index contributed by atoms with van der Waals surface area (Å²) in [6.07, 6.45) is 1.92. The number of carbonyl (C=O) groups is 3. The highest BCUT2D eigenvalue weighted by Gasteiger charge is 2.28. The van der Waals surface area contributed by atoms with Crippen LogP contribution in [0.5, 0.6) is 0 Å². The second-order valence-corrected chi connectivity index (χ2v) is 8.46. The SMILES string of the molecule is Cc1c(C(=O)NNC(=O)c2ccccc2Br)oc2c1/C(=N/NC(=O)c1ccc(F)cc1)CCC2. The average Bonchev–Trinajstić information content (AvgIpc) is 3.18. The first kappa shape index (κ1) is 23.4. The van der Waals surface area contributed by atoms with Crippen molar-refractivity contribution >= 4 is 39.4 Å². The van der Waals surface area contributed by atoms with E-state index in [1.54, 1.807) is 31.2 Å². The topological polar surface area (TPSA) is 113 Å². The Balaban J connectivity index is 1.48. The number of carbonyl (C=O) groups excluding carboxylic acids is 3. The van der Waals surface area contributed by atoms with Crippen molar-refractivity contribution in [1.29, 1.82) is 0 Å². The Morgan fingerprint density at radius 3 is 2.41 bits per heavy atom. The van der Waals surface area contributed by atoms with Gasteiger partial charge in [-0.05, 0) is 72.1 Å². The van der Waals surface area contributed by atoms with Crippen LogP contribution < -0.4 is 16.3 Å². The molecule has 8 nitrogen and oxygen atoms in total. The van der Waals surface area contributed by atoms with Crippen molar-refractivity contribution in [2.75, 3.05) is 0 Å². The molecular weight excluding hydrogens is 507 g/mol. The second-order valence-electron chi connectivity index (χ2n) is 7.60. The molecule has 0 radical (unpaired) electrons. The highest BCUT2D eigenvalue weighted by molar-refractivity contribution is 9.10. The fourth-order valence-electron chi connectivity index (χ4n) is 3.66. The van der Waals surface area contributed by atoms with Crippen LogP contribution >= 0.6 is 15.9 Å². The minimum atomic E-state index is -0.609. The summed E-state index contributed by atoms with van der Waals surface area (Å²) in [5.41, 5.74) is 9.66. The van der Waals surface area contributed by atoms with Gasteiger partial charge >= 0.3 is 5.91 Å². The Bertz CT molecular complexity index is 1300. The lowest BCUT2D eigenvalue weighted by atomic mass is 9.93. The molecule has 3 aromatic rings. The van der Waals surface area contributed by atoms with Gasteiger partial charge < -0.3 is 4.42 Å². The van der Waals surface area contributed by atoms with Crippen LogP contribution in [0.3, 0.4) is 0 Å². The number of benzene rings is 2. The quantitative estimate of drug-likeness (QED) is 0.445. The Kier molecular flexibility index (Phi) is 6.87. The molecule has 0 bridgehead atoms. The first-order chi connectivity index (χ1) is 16.3. The number of hydrazine groups is 1. The molecule has 0 saturated carbocycles. The predicted molar refractivity (Wildman–Crippen MR) is 126 cm³/mol. The number of halogens is 2. The summed E-state index contributed by atoms with van der Waals surface area (Å²) in [6.45, 7) is 1.72. The molecule has 1 aromatic heterocycles. The second kappa shape index (κ2) is 10.0. The van der Waals surface area contributed by atoms with E-state index in [-0.39, 0.29) is 11.3 Å². The molecule has 1 aliphatic rings. The van der Waals surface area contributed by atoms with Crippen LogP contribution in [0.1, 0.15) is 61.0 Å². The average molecular weight is 527 g/mol. The van der Waals surface area contributed by atoms with Gasteiger partial charge in [0.05, 0.1) is 11.3 Å². The zero-order valence-electron chi connectivity index (χ0n) is 18.1. The number of hydrazone groups is 1. The van der Waals surface area contributed by atoms with Crippen LogP contribution in [-0.4, -0.2) is 23.4 Å². The van der Waals surface area contributed by atoms with E-state index in [2.05, 4.69) is 37.3 Å². The summed E-state index contributed by atoms with van der Waals surface area (Å²) in [4.78, 5) is 37.4. The van der Waals surface area contributed by atoms with E-state index in [1.807, 2.05) is 0 Å². The van der Waals surface area contributed by atoms with E-state index in [0.29, 0.717) is 45.5 Å². The van der Waals surface area contributed by atoms with E-state index in [1.165, 1.54) is 24.3 Å². The van der Waals surface area contributed by atoms with E-state index in [9.17, 15) is 18.8 Å². The van der Waals surface area contributed by atoms with Crippen LogP contribution in [0.15, 0.2) is 62.5 Å². The van der Waals surface area contributed by atoms with Gasteiger partial charge in [0.15, 0.2) is 5.76 Å². The van der Waals surface area contributed by atoms with E-state index >= 15 is 0 Å². The van der Waals surface area contributed by atoms with Gasteiger partial charge in [0.25, 0.3) is 11.8 Å². The third-order valence-electron chi connectivity index (χ3n) is 5.34. The van der Waals surface area contributed by atoms with Crippen molar-refractivity contribution in [1.82, 2.24) is 16.3 Å². The van der Waals surface area contributed by atoms with E-state index in [4.69, 9.17) is 4.42 Å². The highest BCUT2D eigenvalue weighted by Crippen LogP contribution is 2.29. The van der Waals surface area contributed by atoms with Crippen LogP contribution in [0.2, 0.25) is 0 Å². The fourth-order valence-corrected chi connectivity index (χ4v) is 4.13. The minimum absolute atomic E-state index is 0.0527. The molecule has 0 fully saturated rings. The lowest BCUT2D eigenvalue weighted by molar-refractivity contribution is 0.0829. The van der Waals surface area contributed by atoms with Gasteiger partial charge in [-0.3, -0.25) is 25.2 Å². The largest absolute Gasteiger partial charge is 0.455 e. The van der Waals surface area contributed by atoms with Crippen molar-refractivity contribution in [3.8, 4) is 0 Å². The molecule has 0 saturated heterocycles. The molecule has 3 amide bonds. The summed E-state index contributed by atoms with van der Waals surface area (Å²) in [6, 6.07) is 11.9. The molecule has 0 aliphatic heterocycles. The molecule has 0 spiro atoms. The highest BCUT2D eigenvalue weighted by atomic mass is 79.9. The molecule has 3 N–H and O–H groups in total. The number of fused-ring (bicyclic) bond motifs is 1. The molecule has 4 rings (SSSR count). The number of rotatable bonds is 4. The van der Waals surface area contributed by atoms with E-state index < -0.39 is 23.5 Å². The zero-order valence-corrected chi connectivity index (χ0v) is 19.7. The Labute approximate surface area is 202 Å². The van der Waals surface area contributed by atoms with Crippen molar-refractivity contribution in [2.24, 2.45) is 5.10 Å². The monoisotopic (exact) mass is 526 g/mol. The van der Waals surface area contributed by atoms with Gasteiger partial charge in [0.2, 0.25) is 0 Å². The zero-order chi connectivity index (χ0) is 24.2. The normalized spacial score (nSPS) is 13.8. The van der Waals surface area contributed by atoms with Crippen molar-refractivity contribution in [3.63, 3.8) is 0 Å². The summed E-state index contributed by atoms with van der Waals surface area (Å²) in [7, 11) is 0. The number of amides is 3. The van der Waals surface area contributed by atoms with Gasteiger partial charge in [0, 0.05) is 27.6 Å². The number of aryl methyl sites for hydroxylation is 1. The van der Waals surface area contributed by atoms with Crippen LogP contribution in [0.4, 0.5) is 4.39 Å². The lowest BCUT2D eigenvalue weighted by Crippen LogP contribution is -2.41. The van der Waals surface area contributed by atoms with Gasteiger partial charge in [-0.1, -0.05) is 12.1 Å². The maximum atomic E-state index is 13.1. The number of hydrogen-bond donors (Lipinski definition) is 3. The summed E-state index contributed by atoms with van der Waals surface area (Å²) >= 11 is 3.30. The van der Waals surface area contributed by atoms with Gasteiger partial charge in [-0.25, -0.2) is 9.82 Å². The summed E-state index contributed by atoms with van der Waals surface area (Å²) in [5, 5.41) is 4.24. The van der Waals surface area contributed by atoms with Crippen LogP contribution in [0.25, 0.3) is 0 Å². The third kappa shape index (κ3) is 4.91. The Morgan fingerprint density at radius 2 is 1.68 bits per heavy atom. The number of furan rings is 1. The lowest BCUT2D eigenvalue weighted by Gasteiger charge is -2.13. The van der Waals surface area contributed by atoms with Gasteiger partial charge in [0.1, 0.15) is 11.6 Å². The Hall–Kier alpha value is -3.79. The van der Waals surface area contributed by atoms with Crippen molar-refractivity contribution in [3.05, 3.63) is 92.6 Å². The third-order valence-corrected chi connectivity index (χ3v) is 6.03. The molecule has 0 atom stereocenters. The van der Waals surface area contributed by atoms with Crippen LogP contribution in [-0.2, 0) is 6.42 Å². The number of nitrogens with zero attached hydrogens (tertiary/aromatic N) is 1. The molecular formula is C24H20BrFN4O4. The summed E-state index contributed by atoms with van der Waals surface area (Å²) < 4.78 is 19.5. The number of nitrogens with one attached hydrogen (secondary N) is 3. The van der Waals surface area contributed by atoms with Crippen LogP contribution in [0, 0.1) is 12.7 Å². The van der Waals surface area contributed by atoms with Crippen molar-refractivity contribution < 1.29 is 23.2 Å². The minimum Gasteiger partial charge on any atom is -0.455 e. The molecule has 34 heavy (non-hydrogen) atoms. The first-order valence-electron chi connectivity index (χ1n) is 10.5. The maximum absolute atomic E-state index is 13.1. The first-order valence-corrected chi connectivity index (χ1v) is 11.2. The number of hydrogen-bond acceptors (Lipinski definition) is 5. The summed E-state index contributed by atoms with van der Waals surface area (Å²) in [5.74, 6) is -1.37.